The molecule has 0 aromatic carbocycles. The normalized spacial score (nSPS) is 18.4. The number of carboxylic acid groups (broad SMARTS) is 1. The Morgan fingerprint density at radius 1 is 1.16 bits per heavy atom. The van der Waals surface area contributed by atoms with Crippen LogP contribution < -0.4 is 5.32 Å². The van der Waals surface area contributed by atoms with E-state index in [4.69, 9.17) is 5.11 Å². The van der Waals surface area contributed by atoms with Crippen LogP contribution in [-0.2, 0) is 4.79 Å². The first-order valence-electron chi connectivity index (χ1n) is 6.88. The van der Waals surface area contributed by atoms with Crippen molar-refractivity contribution >= 4 is 12.0 Å². The molecule has 2 N–H and O–H groups in total. The minimum Gasteiger partial charge on any atom is -0.481 e. The summed E-state index contributed by atoms with van der Waals surface area (Å²) in [7, 11) is 0. The summed E-state index contributed by atoms with van der Waals surface area (Å²) in [6.07, 6.45) is -0.0426. The summed E-state index contributed by atoms with van der Waals surface area (Å²) < 4.78 is 0. The Labute approximate surface area is 114 Å². The van der Waals surface area contributed by atoms with Gasteiger partial charge in [-0.05, 0) is 12.8 Å². The van der Waals surface area contributed by atoms with E-state index in [0.29, 0.717) is 19.0 Å². The number of aliphatic carboxylic acids is 1. The van der Waals surface area contributed by atoms with Gasteiger partial charge < -0.3 is 15.3 Å². The van der Waals surface area contributed by atoms with Crippen molar-refractivity contribution in [3.63, 3.8) is 0 Å². The molecule has 1 atom stereocenters. The van der Waals surface area contributed by atoms with Gasteiger partial charge in [0.15, 0.2) is 0 Å². The number of nitrogens with zero attached hydrogens (tertiary/aromatic N) is 2. The molecule has 0 aromatic heterocycles. The van der Waals surface area contributed by atoms with Gasteiger partial charge in [0.25, 0.3) is 0 Å². The lowest BCUT2D eigenvalue weighted by molar-refractivity contribution is -0.137. The Morgan fingerprint density at radius 3 is 2.21 bits per heavy atom. The van der Waals surface area contributed by atoms with E-state index in [1.165, 1.54) is 0 Å². The van der Waals surface area contributed by atoms with Gasteiger partial charge in [0.1, 0.15) is 0 Å². The predicted octanol–water partition coefficient (Wildman–Crippen LogP) is 0.833. The highest BCUT2D eigenvalue weighted by atomic mass is 16.4. The summed E-state index contributed by atoms with van der Waals surface area (Å²) in [6.45, 7) is 10.3. The van der Waals surface area contributed by atoms with E-state index < -0.39 is 5.97 Å². The van der Waals surface area contributed by atoms with Gasteiger partial charge in [-0.25, -0.2) is 4.79 Å². The molecule has 0 bridgehead atoms. The van der Waals surface area contributed by atoms with Crippen LogP contribution in [0.1, 0.15) is 27.2 Å². The highest BCUT2D eigenvalue weighted by molar-refractivity contribution is 5.76. The summed E-state index contributed by atoms with van der Waals surface area (Å²) in [5.74, 6) is -0.259. The molecule has 1 saturated heterocycles. The summed E-state index contributed by atoms with van der Waals surface area (Å²) in [6, 6.07) is -0.489. The smallest absolute Gasteiger partial charge is 0.317 e. The molecule has 1 aliphatic heterocycles. The molecule has 0 saturated carbocycles. The molecule has 1 heterocycles. The van der Waals surface area contributed by atoms with Crippen LogP contribution in [0.15, 0.2) is 0 Å². The minimum absolute atomic E-state index is 0.0426. The lowest BCUT2D eigenvalue weighted by Gasteiger charge is -2.35. The number of carboxylic acids is 1. The number of carbonyl (C=O) groups is 2. The van der Waals surface area contributed by atoms with Crippen molar-refractivity contribution in [2.24, 2.45) is 5.92 Å². The quantitative estimate of drug-likeness (QED) is 0.777. The molecule has 1 rings (SSSR count). The second kappa shape index (κ2) is 7.33. The molecular weight excluding hydrogens is 246 g/mol. The third kappa shape index (κ3) is 5.92. The van der Waals surface area contributed by atoms with E-state index in [0.717, 1.165) is 19.6 Å². The number of nitrogens with one attached hydrogen (secondary N) is 1. The molecule has 110 valence electrons. The Bertz CT molecular complexity index is 312. The van der Waals surface area contributed by atoms with Gasteiger partial charge in [-0.15, -0.1) is 0 Å². The molecular formula is C13H25N3O3. The second-order valence-corrected chi connectivity index (χ2v) is 5.63. The molecule has 6 heteroatoms. The highest BCUT2D eigenvalue weighted by Crippen LogP contribution is 2.06. The Balaban J connectivity index is 2.30. The van der Waals surface area contributed by atoms with Gasteiger partial charge in [-0.2, -0.15) is 0 Å². The van der Waals surface area contributed by atoms with Crippen LogP contribution in [-0.4, -0.2) is 65.7 Å². The van der Waals surface area contributed by atoms with E-state index in [-0.39, 0.29) is 18.5 Å². The molecule has 1 aliphatic rings. The van der Waals surface area contributed by atoms with E-state index >= 15 is 0 Å². The zero-order chi connectivity index (χ0) is 14.4. The van der Waals surface area contributed by atoms with Crippen LogP contribution in [0.4, 0.5) is 4.79 Å². The van der Waals surface area contributed by atoms with Crippen molar-refractivity contribution in [1.29, 1.82) is 0 Å². The average molecular weight is 271 g/mol. The predicted molar refractivity (Wildman–Crippen MR) is 73.1 cm³/mol. The van der Waals surface area contributed by atoms with Gasteiger partial charge in [-0.3, -0.25) is 9.69 Å². The first-order valence-corrected chi connectivity index (χ1v) is 6.88. The Morgan fingerprint density at radius 2 is 1.74 bits per heavy atom. The van der Waals surface area contributed by atoms with Crippen LogP contribution in [0, 0.1) is 5.92 Å². The maximum Gasteiger partial charge on any atom is 0.317 e. The summed E-state index contributed by atoms with van der Waals surface area (Å²) in [4.78, 5) is 26.6. The van der Waals surface area contributed by atoms with E-state index in [2.05, 4.69) is 24.1 Å². The van der Waals surface area contributed by atoms with Gasteiger partial charge in [0.2, 0.25) is 0 Å². The Hall–Kier alpha value is -1.30. The van der Waals surface area contributed by atoms with Gasteiger partial charge in [0, 0.05) is 38.8 Å². The van der Waals surface area contributed by atoms with Crippen molar-refractivity contribution in [2.75, 3.05) is 32.7 Å². The number of amides is 2. The Kier molecular flexibility index (Phi) is 6.08. The number of rotatable bonds is 5. The van der Waals surface area contributed by atoms with Crippen LogP contribution >= 0.6 is 0 Å². The lowest BCUT2D eigenvalue weighted by Crippen LogP contribution is -2.53. The molecule has 1 fully saturated rings. The van der Waals surface area contributed by atoms with E-state index in [1.54, 1.807) is 11.8 Å². The fraction of sp³-hybridized carbons (Fsp3) is 0.846. The van der Waals surface area contributed by atoms with Crippen molar-refractivity contribution in [2.45, 2.75) is 33.2 Å². The first kappa shape index (κ1) is 15.8. The standard InChI is InChI=1S/C13H25N3O3/c1-10(2)9-15-4-6-16(7-5-15)13(19)14-11(3)8-12(17)18/h10-11H,4-9H2,1-3H3,(H,14,19)(H,17,18). The molecule has 0 aromatic rings. The van der Waals surface area contributed by atoms with Crippen molar-refractivity contribution in [1.82, 2.24) is 15.1 Å². The number of urea groups is 1. The molecule has 1 unspecified atom stereocenters. The highest BCUT2D eigenvalue weighted by Gasteiger charge is 2.22. The molecule has 0 aliphatic carbocycles. The molecule has 2 amide bonds. The molecule has 0 radical (unpaired) electrons. The second-order valence-electron chi connectivity index (χ2n) is 5.63. The van der Waals surface area contributed by atoms with E-state index in [9.17, 15) is 9.59 Å². The first-order chi connectivity index (χ1) is 8.88. The molecule has 0 spiro atoms. The zero-order valence-electron chi connectivity index (χ0n) is 12.1. The summed E-state index contributed by atoms with van der Waals surface area (Å²) in [5.41, 5.74) is 0. The summed E-state index contributed by atoms with van der Waals surface area (Å²) in [5, 5.41) is 11.4. The topological polar surface area (TPSA) is 72.9 Å². The number of hydrogen-bond donors (Lipinski definition) is 2. The average Bonchev–Trinajstić information content (AvgIpc) is 2.27. The van der Waals surface area contributed by atoms with E-state index in [1.807, 2.05) is 0 Å². The summed E-state index contributed by atoms with van der Waals surface area (Å²) >= 11 is 0. The SMILES string of the molecule is CC(C)CN1CCN(C(=O)NC(C)CC(=O)O)CC1. The lowest BCUT2D eigenvalue weighted by atomic mass is 10.2. The number of carbonyl (C=O) groups excluding carboxylic acids is 1. The number of hydrogen-bond acceptors (Lipinski definition) is 3. The maximum atomic E-state index is 11.9. The van der Waals surface area contributed by atoms with Crippen molar-refractivity contribution in [3.8, 4) is 0 Å². The molecule has 6 nitrogen and oxygen atoms in total. The van der Waals surface area contributed by atoms with Crippen molar-refractivity contribution in [3.05, 3.63) is 0 Å². The maximum absolute atomic E-state index is 11.9. The van der Waals surface area contributed by atoms with Crippen LogP contribution in [0.3, 0.4) is 0 Å². The van der Waals surface area contributed by atoms with Crippen molar-refractivity contribution < 1.29 is 14.7 Å². The molecule has 19 heavy (non-hydrogen) atoms. The van der Waals surface area contributed by atoms with Gasteiger partial charge >= 0.3 is 12.0 Å². The van der Waals surface area contributed by atoms with Crippen LogP contribution in [0.2, 0.25) is 0 Å². The zero-order valence-corrected chi connectivity index (χ0v) is 12.1. The third-order valence-corrected chi connectivity index (χ3v) is 3.13. The minimum atomic E-state index is -0.894. The fourth-order valence-electron chi connectivity index (χ4n) is 2.26. The third-order valence-electron chi connectivity index (χ3n) is 3.13. The largest absolute Gasteiger partial charge is 0.481 e. The van der Waals surface area contributed by atoms with Gasteiger partial charge in [0.05, 0.1) is 6.42 Å². The van der Waals surface area contributed by atoms with Gasteiger partial charge in [-0.1, -0.05) is 13.8 Å². The number of piperazine rings is 1. The van der Waals surface area contributed by atoms with Crippen LogP contribution in [0.25, 0.3) is 0 Å². The fourth-order valence-corrected chi connectivity index (χ4v) is 2.26. The monoisotopic (exact) mass is 271 g/mol. The van der Waals surface area contributed by atoms with Crippen LogP contribution in [0.5, 0.6) is 0 Å².